The summed E-state index contributed by atoms with van der Waals surface area (Å²) in [5.41, 5.74) is 1.15. The van der Waals surface area contributed by atoms with Crippen molar-refractivity contribution >= 4 is 5.91 Å². The maximum atomic E-state index is 12.4. The smallest absolute Gasteiger partial charge is 0.223 e. The monoisotopic (exact) mass is 357 g/mol. The Kier molecular flexibility index (Phi) is 5.44. The first-order valence-electron chi connectivity index (χ1n) is 10.2. The molecule has 1 saturated carbocycles. The number of hydrogen-bond acceptors (Lipinski definition) is 4. The van der Waals surface area contributed by atoms with Gasteiger partial charge in [0, 0.05) is 43.7 Å². The quantitative estimate of drug-likeness (QED) is 0.785. The fourth-order valence-corrected chi connectivity index (χ4v) is 4.50. The van der Waals surface area contributed by atoms with E-state index in [1.807, 2.05) is 19.1 Å². The van der Waals surface area contributed by atoms with Gasteiger partial charge in [-0.2, -0.15) is 0 Å². The van der Waals surface area contributed by atoms with E-state index >= 15 is 0 Å². The molecule has 142 valence electrons. The maximum absolute atomic E-state index is 12.4. The SMILES string of the molecule is Cc1ccnc(OCC2CC(=O)N(CC3CCN(C4CCC4)CC3)C2)c1. The van der Waals surface area contributed by atoms with Crippen LogP contribution in [0.1, 0.15) is 44.1 Å². The normalized spacial score (nSPS) is 25.5. The highest BCUT2D eigenvalue weighted by Gasteiger charge is 2.34. The number of amides is 1. The molecule has 2 saturated heterocycles. The molecule has 3 heterocycles. The van der Waals surface area contributed by atoms with Crippen molar-refractivity contribution in [3.8, 4) is 5.88 Å². The van der Waals surface area contributed by atoms with Crippen LogP contribution in [0.25, 0.3) is 0 Å². The van der Waals surface area contributed by atoms with Gasteiger partial charge >= 0.3 is 0 Å². The fraction of sp³-hybridized carbons (Fsp3) is 0.714. The number of aromatic nitrogens is 1. The van der Waals surface area contributed by atoms with Crippen molar-refractivity contribution in [2.75, 3.05) is 32.8 Å². The van der Waals surface area contributed by atoms with Crippen LogP contribution in [0.2, 0.25) is 0 Å². The molecule has 3 aliphatic rings. The van der Waals surface area contributed by atoms with Crippen LogP contribution in [-0.4, -0.2) is 59.5 Å². The number of pyridine rings is 1. The van der Waals surface area contributed by atoms with Crippen molar-refractivity contribution in [1.29, 1.82) is 0 Å². The van der Waals surface area contributed by atoms with Gasteiger partial charge in [-0.05, 0) is 63.2 Å². The molecule has 2 aliphatic heterocycles. The average Bonchev–Trinajstić information content (AvgIpc) is 2.93. The van der Waals surface area contributed by atoms with Gasteiger partial charge in [0.1, 0.15) is 0 Å². The van der Waals surface area contributed by atoms with Gasteiger partial charge in [0.15, 0.2) is 0 Å². The van der Waals surface area contributed by atoms with Crippen LogP contribution in [0.5, 0.6) is 5.88 Å². The number of carbonyl (C=O) groups excluding carboxylic acids is 1. The Morgan fingerprint density at radius 3 is 2.69 bits per heavy atom. The molecule has 26 heavy (non-hydrogen) atoms. The van der Waals surface area contributed by atoms with Gasteiger partial charge in [0.05, 0.1) is 6.61 Å². The van der Waals surface area contributed by atoms with E-state index in [4.69, 9.17) is 4.74 Å². The number of piperidine rings is 1. The first-order valence-corrected chi connectivity index (χ1v) is 10.2. The molecule has 5 nitrogen and oxygen atoms in total. The summed E-state index contributed by atoms with van der Waals surface area (Å²) in [6, 6.07) is 4.77. The minimum absolute atomic E-state index is 0.292. The fourth-order valence-electron chi connectivity index (χ4n) is 4.50. The zero-order chi connectivity index (χ0) is 17.9. The number of hydrogen-bond donors (Lipinski definition) is 0. The second-order valence-electron chi connectivity index (χ2n) is 8.42. The first-order chi connectivity index (χ1) is 12.7. The molecular formula is C21H31N3O2. The van der Waals surface area contributed by atoms with Crippen molar-refractivity contribution < 1.29 is 9.53 Å². The standard InChI is InChI=1S/C21H31N3O2/c1-16-5-8-22-20(11-16)26-15-18-12-21(25)24(14-18)13-17-6-9-23(10-7-17)19-3-2-4-19/h5,8,11,17-19H,2-4,6-7,9-10,12-15H2,1H3. The third-order valence-electron chi connectivity index (χ3n) is 6.37. The number of aryl methyl sites for hydroxylation is 1. The van der Waals surface area contributed by atoms with Crippen LogP contribution in [-0.2, 0) is 4.79 Å². The molecule has 1 aromatic rings. The molecule has 1 aromatic heterocycles. The van der Waals surface area contributed by atoms with Gasteiger partial charge in [0.25, 0.3) is 0 Å². The molecule has 1 unspecified atom stereocenters. The van der Waals surface area contributed by atoms with E-state index < -0.39 is 0 Å². The van der Waals surface area contributed by atoms with Crippen molar-refractivity contribution in [1.82, 2.24) is 14.8 Å². The Balaban J connectivity index is 1.21. The Bertz CT molecular complexity index is 623. The van der Waals surface area contributed by atoms with Crippen molar-refractivity contribution in [2.45, 2.75) is 51.5 Å². The van der Waals surface area contributed by atoms with Crippen molar-refractivity contribution in [3.05, 3.63) is 23.9 Å². The number of carbonyl (C=O) groups is 1. The van der Waals surface area contributed by atoms with Crippen LogP contribution in [0.3, 0.4) is 0 Å². The van der Waals surface area contributed by atoms with E-state index in [1.54, 1.807) is 6.20 Å². The number of rotatable bonds is 6. The Hall–Kier alpha value is -1.62. The second-order valence-corrected chi connectivity index (χ2v) is 8.42. The predicted octanol–water partition coefficient (Wildman–Crippen LogP) is 2.88. The number of ether oxygens (including phenoxy) is 1. The Morgan fingerprint density at radius 1 is 1.19 bits per heavy atom. The summed E-state index contributed by atoms with van der Waals surface area (Å²) in [7, 11) is 0. The van der Waals surface area contributed by atoms with Crippen molar-refractivity contribution in [3.63, 3.8) is 0 Å². The third kappa shape index (κ3) is 4.20. The topological polar surface area (TPSA) is 45.7 Å². The molecule has 0 radical (unpaired) electrons. The molecule has 0 bridgehead atoms. The molecular weight excluding hydrogens is 326 g/mol. The van der Waals surface area contributed by atoms with Gasteiger partial charge in [-0.25, -0.2) is 4.98 Å². The second kappa shape index (κ2) is 7.95. The summed E-state index contributed by atoms with van der Waals surface area (Å²) in [5, 5.41) is 0. The van der Waals surface area contributed by atoms with Crippen LogP contribution in [0, 0.1) is 18.8 Å². The summed E-state index contributed by atoms with van der Waals surface area (Å²) >= 11 is 0. The summed E-state index contributed by atoms with van der Waals surface area (Å²) in [6.45, 7) is 6.85. The van der Waals surface area contributed by atoms with Crippen LogP contribution < -0.4 is 4.74 Å². The lowest BCUT2D eigenvalue weighted by Gasteiger charge is -2.42. The molecule has 0 aromatic carbocycles. The lowest BCUT2D eigenvalue weighted by molar-refractivity contribution is -0.128. The zero-order valence-electron chi connectivity index (χ0n) is 15.9. The van der Waals surface area contributed by atoms with Crippen LogP contribution in [0.15, 0.2) is 18.3 Å². The summed E-state index contributed by atoms with van der Waals surface area (Å²) in [5.74, 6) is 1.93. The first kappa shape index (κ1) is 17.8. The van der Waals surface area contributed by atoms with Crippen LogP contribution in [0.4, 0.5) is 0 Å². The molecule has 4 rings (SSSR count). The summed E-state index contributed by atoms with van der Waals surface area (Å²) < 4.78 is 5.82. The van der Waals surface area contributed by atoms with E-state index in [0.717, 1.165) is 24.7 Å². The number of nitrogens with zero attached hydrogens (tertiary/aromatic N) is 3. The minimum atomic E-state index is 0.292. The molecule has 5 heteroatoms. The lowest BCUT2D eigenvalue weighted by atomic mass is 9.88. The molecule has 1 aliphatic carbocycles. The summed E-state index contributed by atoms with van der Waals surface area (Å²) in [6.07, 6.45) is 9.08. The van der Waals surface area contributed by atoms with Gasteiger partial charge in [-0.15, -0.1) is 0 Å². The highest BCUT2D eigenvalue weighted by molar-refractivity contribution is 5.78. The average molecular weight is 357 g/mol. The third-order valence-corrected chi connectivity index (χ3v) is 6.37. The van der Waals surface area contributed by atoms with E-state index in [9.17, 15) is 4.79 Å². The minimum Gasteiger partial charge on any atom is -0.477 e. The van der Waals surface area contributed by atoms with Crippen molar-refractivity contribution in [2.24, 2.45) is 11.8 Å². The van der Waals surface area contributed by atoms with Gasteiger partial charge in [0.2, 0.25) is 11.8 Å². The lowest BCUT2D eigenvalue weighted by Crippen LogP contribution is -2.46. The van der Waals surface area contributed by atoms with Crippen LogP contribution >= 0.6 is 0 Å². The molecule has 0 N–H and O–H groups in total. The molecule has 1 amide bonds. The largest absolute Gasteiger partial charge is 0.477 e. The Morgan fingerprint density at radius 2 is 2.00 bits per heavy atom. The van der Waals surface area contributed by atoms with Gasteiger partial charge in [-0.3, -0.25) is 4.79 Å². The van der Waals surface area contributed by atoms with E-state index in [0.29, 0.717) is 36.7 Å². The highest BCUT2D eigenvalue weighted by Crippen LogP contribution is 2.30. The predicted molar refractivity (Wildman–Crippen MR) is 101 cm³/mol. The maximum Gasteiger partial charge on any atom is 0.223 e. The summed E-state index contributed by atoms with van der Waals surface area (Å²) in [4.78, 5) is 21.4. The van der Waals surface area contributed by atoms with Gasteiger partial charge in [-0.1, -0.05) is 6.42 Å². The van der Waals surface area contributed by atoms with E-state index in [1.165, 1.54) is 45.2 Å². The number of likely N-dealkylation sites (tertiary alicyclic amines) is 2. The molecule has 1 atom stereocenters. The van der Waals surface area contributed by atoms with E-state index in [2.05, 4.69) is 14.8 Å². The van der Waals surface area contributed by atoms with Gasteiger partial charge < -0.3 is 14.5 Å². The molecule has 3 fully saturated rings. The highest BCUT2D eigenvalue weighted by atomic mass is 16.5. The Labute approximate surface area is 156 Å². The van der Waals surface area contributed by atoms with E-state index in [-0.39, 0.29) is 0 Å². The molecule has 0 spiro atoms. The zero-order valence-corrected chi connectivity index (χ0v) is 15.9.